The molecule has 0 spiro atoms. The minimum Gasteiger partial charge on any atom is -0.390 e. The molecule has 0 unspecified atom stereocenters. The Kier molecular flexibility index (Phi) is 7.85. The molecule has 1 aliphatic heterocycles. The molecule has 29 heavy (non-hydrogen) atoms. The molecule has 2 aromatic rings. The topological polar surface area (TPSA) is 59.4 Å². The van der Waals surface area contributed by atoms with Gasteiger partial charge in [-0.25, -0.2) is 0 Å². The van der Waals surface area contributed by atoms with Gasteiger partial charge in [-0.15, -0.1) is 0 Å². The Hall–Kier alpha value is -3.10. The molecule has 0 saturated carbocycles. The molecule has 3 rings (SSSR count). The normalized spacial score (nSPS) is 15.0. The average Bonchev–Trinajstić information content (AvgIpc) is 2.78. The molecule has 150 valence electrons. The van der Waals surface area contributed by atoms with Gasteiger partial charge < -0.3 is 10.2 Å². The Morgan fingerprint density at radius 2 is 1.59 bits per heavy atom. The SMILES string of the molecule is N#C/C(=C/NCCCc1ccccc1)C(=O)N1CCN(Cc2ccccc2)CC1. The number of hydrogen-bond donors (Lipinski definition) is 1. The zero-order valence-corrected chi connectivity index (χ0v) is 16.8. The highest BCUT2D eigenvalue weighted by molar-refractivity contribution is 5.97. The lowest BCUT2D eigenvalue weighted by Crippen LogP contribution is -2.48. The predicted molar refractivity (Wildman–Crippen MR) is 115 cm³/mol. The number of hydrogen-bond acceptors (Lipinski definition) is 4. The van der Waals surface area contributed by atoms with Crippen molar-refractivity contribution in [1.82, 2.24) is 15.1 Å². The third-order valence-electron chi connectivity index (χ3n) is 5.14. The lowest BCUT2D eigenvalue weighted by Gasteiger charge is -2.34. The first-order chi connectivity index (χ1) is 14.3. The fourth-order valence-corrected chi connectivity index (χ4v) is 3.48. The van der Waals surface area contributed by atoms with Gasteiger partial charge in [0.2, 0.25) is 0 Å². The van der Waals surface area contributed by atoms with Crippen molar-refractivity contribution in [2.24, 2.45) is 0 Å². The highest BCUT2D eigenvalue weighted by Gasteiger charge is 2.23. The van der Waals surface area contributed by atoms with Crippen molar-refractivity contribution in [2.45, 2.75) is 19.4 Å². The first-order valence-corrected chi connectivity index (χ1v) is 10.2. The van der Waals surface area contributed by atoms with E-state index < -0.39 is 0 Å². The molecule has 5 nitrogen and oxygen atoms in total. The van der Waals surface area contributed by atoms with Crippen LogP contribution in [0, 0.1) is 11.3 Å². The number of piperazine rings is 1. The molecule has 1 heterocycles. The van der Waals surface area contributed by atoms with Crippen LogP contribution in [0.25, 0.3) is 0 Å². The van der Waals surface area contributed by atoms with Gasteiger partial charge in [-0.3, -0.25) is 9.69 Å². The van der Waals surface area contributed by atoms with E-state index in [1.807, 2.05) is 36.4 Å². The van der Waals surface area contributed by atoms with Crippen LogP contribution < -0.4 is 5.32 Å². The van der Waals surface area contributed by atoms with Crippen molar-refractivity contribution in [2.75, 3.05) is 32.7 Å². The fourth-order valence-electron chi connectivity index (χ4n) is 3.48. The summed E-state index contributed by atoms with van der Waals surface area (Å²) in [7, 11) is 0. The summed E-state index contributed by atoms with van der Waals surface area (Å²) in [6, 6.07) is 22.7. The summed E-state index contributed by atoms with van der Waals surface area (Å²) in [6.07, 6.45) is 3.50. The van der Waals surface area contributed by atoms with Gasteiger partial charge >= 0.3 is 0 Å². The van der Waals surface area contributed by atoms with Crippen LogP contribution in [-0.2, 0) is 17.8 Å². The maximum absolute atomic E-state index is 12.7. The summed E-state index contributed by atoms with van der Waals surface area (Å²) in [5.41, 5.74) is 2.76. The predicted octanol–water partition coefficient (Wildman–Crippen LogP) is 2.96. The second kappa shape index (κ2) is 11.0. The maximum Gasteiger partial charge on any atom is 0.266 e. The van der Waals surface area contributed by atoms with Crippen molar-refractivity contribution < 1.29 is 4.79 Å². The zero-order chi connectivity index (χ0) is 20.3. The number of carbonyl (C=O) groups is 1. The van der Waals surface area contributed by atoms with E-state index in [4.69, 9.17) is 0 Å². The van der Waals surface area contributed by atoms with E-state index in [0.29, 0.717) is 13.1 Å². The number of nitriles is 1. The number of aryl methyl sites for hydroxylation is 1. The van der Waals surface area contributed by atoms with Crippen molar-refractivity contribution >= 4 is 5.91 Å². The van der Waals surface area contributed by atoms with E-state index in [1.54, 1.807) is 11.1 Å². The van der Waals surface area contributed by atoms with Crippen LogP contribution in [0.3, 0.4) is 0 Å². The van der Waals surface area contributed by atoms with Crippen LogP contribution >= 0.6 is 0 Å². The smallest absolute Gasteiger partial charge is 0.266 e. The molecule has 0 aliphatic carbocycles. The minimum atomic E-state index is -0.178. The maximum atomic E-state index is 12.7. The molecule has 1 N–H and O–H groups in total. The molecular formula is C24H28N4O. The molecule has 5 heteroatoms. The molecule has 0 radical (unpaired) electrons. The summed E-state index contributed by atoms with van der Waals surface area (Å²) >= 11 is 0. The highest BCUT2D eigenvalue weighted by atomic mass is 16.2. The van der Waals surface area contributed by atoms with Gasteiger partial charge in [0.05, 0.1) is 0 Å². The number of carbonyl (C=O) groups excluding carboxylic acids is 1. The Morgan fingerprint density at radius 1 is 0.966 bits per heavy atom. The van der Waals surface area contributed by atoms with E-state index in [-0.39, 0.29) is 11.5 Å². The Bertz CT molecular complexity index is 834. The summed E-state index contributed by atoms with van der Waals surface area (Å²) in [6.45, 7) is 4.58. The third-order valence-corrected chi connectivity index (χ3v) is 5.14. The van der Waals surface area contributed by atoms with Gasteiger partial charge in [0.15, 0.2) is 0 Å². The van der Waals surface area contributed by atoms with E-state index in [1.165, 1.54) is 11.1 Å². The van der Waals surface area contributed by atoms with Crippen LogP contribution in [0.4, 0.5) is 0 Å². The fraction of sp³-hybridized carbons (Fsp3) is 0.333. The monoisotopic (exact) mass is 388 g/mol. The van der Waals surface area contributed by atoms with Gasteiger partial charge in [-0.2, -0.15) is 5.26 Å². The van der Waals surface area contributed by atoms with Crippen LogP contribution in [-0.4, -0.2) is 48.4 Å². The van der Waals surface area contributed by atoms with E-state index >= 15 is 0 Å². The lowest BCUT2D eigenvalue weighted by molar-refractivity contribution is -0.128. The average molecular weight is 389 g/mol. The van der Waals surface area contributed by atoms with E-state index in [0.717, 1.165) is 39.0 Å². The first kappa shape index (κ1) is 20.6. The summed E-state index contributed by atoms with van der Waals surface area (Å²) in [5.74, 6) is -0.178. The largest absolute Gasteiger partial charge is 0.390 e. The molecule has 1 amide bonds. The van der Waals surface area contributed by atoms with Gasteiger partial charge in [0, 0.05) is 45.5 Å². The van der Waals surface area contributed by atoms with Gasteiger partial charge in [0.25, 0.3) is 5.91 Å². The second-order valence-corrected chi connectivity index (χ2v) is 7.27. The number of amides is 1. The summed E-state index contributed by atoms with van der Waals surface area (Å²) < 4.78 is 0. The molecular weight excluding hydrogens is 360 g/mol. The molecule has 1 aliphatic rings. The van der Waals surface area contributed by atoms with Crippen molar-refractivity contribution in [3.8, 4) is 6.07 Å². The standard InChI is InChI=1S/C24H28N4O/c25-18-23(19-26-13-7-12-21-8-3-1-4-9-21)24(29)28-16-14-27(15-17-28)20-22-10-5-2-6-11-22/h1-6,8-11,19,26H,7,12-17,20H2/b23-19-. The van der Waals surface area contributed by atoms with Crippen molar-refractivity contribution in [1.29, 1.82) is 5.26 Å². The van der Waals surface area contributed by atoms with E-state index in [2.05, 4.69) is 40.6 Å². The number of rotatable bonds is 8. The highest BCUT2D eigenvalue weighted by Crippen LogP contribution is 2.10. The van der Waals surface area contributed by atoms with Crippen LogP contribution in [0.5, 0.6) is 0 Å². The molecule has 0 bridgehead atoms. The zero-order valence-electron chi connectivity index (χ0n) is 16.8. The first-order valence-electron chi connectivity index (χ1n) is 10.2. The molecule has 1 saturated heterocycles. The molecule has 0 atom stereocenters. The van der Waals surface area contributed by atoms with Gasteiger partial charge in [0.1, 0.15) is 11.6 Å². The molecule has 0 aromatic heterocycles. The number of nitrogens with zero attached hydrogens (tertiary/aromatic N) is 3. The van der Waals surface area contributed by atoms with E-state index in [9.17, 15) is 10.1 Å². The lowest BCUT2D eigenvalue weighted by atomic mass is 10.1. The second-order valence-electron chi connectivity index (χ2n) is 7.27. The van der Waals surface area contributed by atoms with Gasteiger partial charge in [-0.1, -0.05) is 60.7 Å². The molecule has 1 fully saturated rings. The summed E-state index contributed by atoms with van der Waals surface area (Å²) in [5, 5.41) is 12.5. The quantitative estimate of drug-likeness (QED) is 0.429. The molecule has 2 aromatic carbocycles. The third kappa shape index (κ3) is 6.48. The van der Waals surface area contributed by atoms with Gasteiger partial charge in [-0.05, 0) is 24.0 Å². The summed E-state index contributed by atoms with van der Waals surface area (Å²) in [4.78, 5) is 16.8. The van der Waals surface area contributed by atoms with Crippen molar-refractivity contribution in [3.05, 3.63) is 83.6 Å². The Balaban J connectivity index is 1.41. The minimum absolute atomic E-state index is 0.178. The van der Waals surface area contributed by atoms with Crippen LogP contribution in [0.1, 0.15) is 17.5 Å². The van der Waals surface area contributed by atoms with Crippen LogP contribution in [0.2, 0.25) is 0 Å². The number of benzene rings is 2. The van der Waals surface area contributed by atoms with Crippen molar-refractivity contribution in [3.63, 3.8) is 0 Å². The number of nitrogens with one attached hydrogen (secondary N) is 1. The Morgan fingerprint density at radius 3 is 2.21 bits per heavy atom. The Labute approximate surface area is 173 Å². The van der Waals surface area contributed by atoms with Crippen LogP contribution in [0.15, 0.2) is 72.4 Å².